The molecular formula is C12H24IN5O2S2. The molecule has 0 saturated carbocycles. The Morgan fingerprint density at radius 2 is 2.09 bits per heavy atom. The van der Waals surface area contributed by atoms with Gasteiger partial charge in [-0.15, -0.1) is 35.3 Å². The summed E-state index contributed by atoms with van der Waals surface area (Å²) in [5, 5.41) is 7.28. The molecule has 3 N–H and O–H groups in total. The lowest BCUT2D eigenvalue weighted by atomic mass is 10.4. The van der Waals surface area contributed by atoms with E-state index in [-0.39, 0.29) is 24.0 Å². The predicted octanol–water partition coefficient (Wildman–Crippen LogP) is 1.06. The highest BCUT2D eigenvalue weighted by Gasteiger charge is 2.01. The van der Waals surface area contributed by atoms with Gasteiger partial charge in [-0.2, -0.15) is 0 Å². The molecule has 0 amide bonds. The molecule has 7 nitrogen and oxygen atoms in total. The van der Waals surface area contributed by atoms with Gasteiger partial charge in [-0.3, -0.25) is 0 Å². The fourth-order valence-corrected chi connectivity index (χ4v) is 2.74. The molecule has 0 aliphatic rings. The van der Waals surface area contributed by atoms with Crippen LogP contribution in [0.3, 0.4) is 0 Å². The Balaban J connectivity index is 0.00000441. The Morgan fingerprint density at radius 3 is 2.64 bits per heavy atom. The molecule has 0 aliphatic heterocycles. The number of hydrogen-bond donors (Lipinski definition) is 3. The van der Waals surface area contributed by atoms with E-state index < -0.39 is 10.0 Å². The van der Waals surface area contributed by atoms with Crippen LogP contribution in [0.1, 0.15) is 23.2 Å². The summed E-state index contributed by atoms with van der Waals surface area (Å²) in [6, 6.07) is 0. The number of aromatic nitrogens is 1. The first-order valence-electron chi connectivity index (χ1n) is 6.79. The molecule has 0 radical (unpaired) electrons. The molecule has 0 atom stereocenters. The second kappa shape index (κ2) is 11.1. The Labute approximate surface area is 153 Å². The molecule has 1 heterocycles. The largest absolute Gasteiger partial charge is 0.357 e. The molecular weight excluding hydrogens is 437 g/mol. The molecule has 0 aliphatic carbocycles. The minimum Gasteiger partial charge on any atom is -0.357 e. The van der Waals surface area contributed by atoms with Crippen LogP contribution < -0.4 is 15.4 Å². The van der Waals surface area contributed by atoms with E-state index in [1.165, 1.54) is 4.88 Å². The SMILES string of the molecule is CCNC(=NCc1ncc(C)s1)NCCCNS(C)(=O)=O.I. The van der Waals surface area contributed by atoms with Crippen LogP contribution in [-0.2, 0) is 16.6 Å². The van der Waals surface area contributed by atoms with Crippen molar-refractivity contribution in [3.63, 3.8) is 0 Å². The normalized spacial score (nSPS) is 11.9. The Bertz CT molecular complexity index is 560. The van der Waals surface area contributed by atoms with Crippen molar-refractivity contribution >= 4 is 51.3 Å². The molecule has 0 fully saturated rings. The van der Waals surface area contributed by atoms with Crippen molar-refractivity contribution in [3.8, 4) is 0 Å². The monoisotopic (exact) mass is 461 g/mol. The zero-order valence-corrected chi connectivity index (χ0v) is 17.0. The third-order valence-electron chi connectivity index (χ3n) is 2.40. The summed E-state index contributed by atoms with van der Waals surface area (Å²) in [6.07, 6.45) is 3.68. The Hall–Kier alpha value is -0.460. The molecule has 22 heavy (non-hydrogen) atoms. The number of aryl methyl sites for hydroxylation is 1. The van der Waals surface area contributed by atoms with Crippen LogP contribution in [0.5, 0.6) is 0 Å². The van der Waals surface area contributed by atoms with Gasteiger partial charge >= 0.3 is 0 Å². The van der Waals surface area contributed by atoms with Crippen LogP contribution in [0, 0.1) is 6.92 Å². The van der Waals surface area contributed by atoms with E-state index in [1.54, 1.807) is 11.3 Å². The number of aliphatic imine (C=N–C) groups is 1. The Morgan fingerprint density at radius 1 is 1.36 bits per heavy atom. The lowest BCUT2D eigenvalue weighted by Crippen LogP contribution is -2.38. The van der Waals surface area contributed by atoms with E-state index in [9.17, 15) is 8.42 Å². The maximum Gasteiger partial charge on any atom is 0.208 e. The molecule has 1 aromatic heterocycles. The van der Waals surface area contributed by atoms with Crippen LogP contribution in [0.2, 0.25) is 0 Å². The summed E-state index contributed by atoms with van der Waals surface area (Å²) in [6.45, 7) is 6.38. The summed E-state index contributed by atoms with van der Waals surface area (Å²) in [5.41, 5.74) is 0. The highest BCUT2D eigenvalue weighted by Crippen LogP contribution is 2.11. The number of sulfonamides is 1. The molecule has 0 saturated heterocycles. The first-order valence-corrected chi connectivity index (χ1v) is 9.49. The fraction of sp³-hybridized carbons (Fsp3) is 0.667. The van der Waals surface area contributed by atoms with E-state index in [4.69, 9.17) is 0 Å². The van der Waals surface area contributed by atoms with Crippen molar-refractivity contribution in [1.82, 2.24) is 20.3 Å². The average molecular weight is 461 g/mol. The van der Waals surface area contributed by atoms with Gasteiger partial charge in [0, 0.05) is 30.7 Å². The topological polar surface area (TPSA) is 95.5 Å². The molecule has 10 heteroatoms. The highest BCUT2D eigenvalue weighted by atomic mass is 127. The number of rotatable bonds is 8. The number of thiazole rings is 1. The number of nitrogens with zero attached hydrogens (tertiary/aromatic N) is 2. The summed E-state index contributed by atoms with van der Waals surface area (Å²) in [7, 11) is -3.11. The second-order valence-electron chi connectivity index (χ2n) is 4.51. The third kappa shape index (κ3) is 10.3. The highest BCUT2D eigenvalue weighted by molar-refractivity contribution is 14.0. The van der Waals surface area contributed by atoms with Gasteiger partial charge in [-0.25, -0.2) is 23.1 Å². The third-order valence-corrected chi connectivity index (χ3v) is 4.02. The van der Waals surface area contributed by atoms with E-state index >= 15 is 0 Å². The van der Waals surface area contributed by atoms with Crippen molar-refractivity contribution in [2.75, 3.05) is 25.9 Å². The second-order valence-corrected chi connectivity index (χ2v) is 7.66. The van der Waals surface area contributed by atoms with Gasteiger partial charge in [0.25, 0.3) is 0 Å². The fourth-order valence-electron chi connectivity index (χ4n) is 1.52. The molecule has 0 bridgehead atoms. The molecule has 0 unspecified atom stereocenters. The lowest BCUT2D eigenvalue weighted by Gasteiger charge is -2.10. The number of hydrogen-bond acceptors (Lipinski definition) is 5. The number of guanidine groups is 1. The van der Waals surface area contributed by atoms with Crippen LogP contribution >= 0.6 is 35.3 Å². The smallest absolute Gasteiger partial charge is 0.208 e. The minimum absolute atomic E-state index is 0. The maximum absolute atomic E-state index is 10.9. The first kappa shape index (κ1) is 21.5. The van der Waals surface area contributed by atoms with Crippen molar-refractivity contribution in [2.45, 2.75) is 26.8 Å². The summed E-state index contributed by atoms with van der Waals surface area (Å²) >= 11 is 1.63. The Kier molecular flexibility index (Phi) is 10.9. The van der Waals surface area contributed by atoms with E-state index in [0.717, 1.165) is 17.8 Å². The van der Waals surface area contributed by atoms with Gasteiger partial charge in [-0.05, 0) is 20.3 Å². The van der Waals surface area contributed by atoms with Crippen LogP contribution in [0.25, 0.3) is 0 Å². The minimum atomic E-state index is -3.11. The van der Waals surface area contributed by atoms with Crippen LogP contribution in [0.15, 0.2) is 11.2 Å². The van der Waals surface area contributed by atoms with Crippen LogP contribution in [0.4, 0.5) is 0 Å². The summed E-state index contributed by atoms with van der Waals surface area (Å²) in [5.74, 6) is 0.713. The summed E-state index contributed by atoms with van der Waals surface area (Å²) in [4.78, 5) is 9.88. The zero-order chi connectivity index (χ0) is 15.7. The molecule has 128 valence electrons. The van der Waals surface area contributed by atoms with E-state index in [1.807, 2.05) is 20.0 Å². The first-order chi connectivity index (χ1) is 9.90. The predicted molar refractivity (Wildman–Crippen MR) is 103 cm³/mol. The van der Waals surface area contributed by atoms with Gasteiger partial charge < -0.3 is 10.6 Å². The van der Waals surface area contributed by atoms with Gasteiger partial charge in [0.2, 0.25) is 10.0 Å². The van der Waals surface area contributed by atoms with Crippen molar-refractivity contribution in [1.29, 1.82) is 0 Å². The van der Waals surface area contributed by atoms with Gasteiger partial charge in [0.05, 0.1) is 12.8 Å². The standard InChI is InChI=1S/C12H23N5O2S2.HI/c1-4-13-12(14-6-5-7-17-21(3,18)19)16-9-11-15-8-10(2)20-11;/h8,17H,4-7,9H2,1-3H3,(H2,13,14,16);1H. The van der Waals surface area contributed by atoms with Crippen LogP contribution in [-0.4, -0.2) is 45.3 Å². The molecule has 0 aromatic carbocycles. The average Bonchev–Trinajstić information content (AvgIpc) is 2.80. The number of halogens is 1. The van der Waals surface area contributed by atoms with Crippen molar-refractivity contribution in [2.24, 2.45) is 4.99 Å². The number of nitrogens with one attached hydrogen (secondary N) is 3. The van der Waals surface area contributed by atoms with Gasteiger partial charge in [0.15, 0.2) is 5.96 Å². The molecule has 1 aromatic rings. The molecule has 0 spiro atoms. The van der Waals surface area contributed by atoms with Gasteiger partial charge in [0.1, 0.15) is 5.01 Å². The van der Waals surface area contributed by atoms with E-state index in [0.29, 0.717) is 32.0 Å². The summed E-state index contributed by atoms with van der Waals surface area (Å²) < 4.78 is 24.3. The van der Waals surface area contributed by atoms with Crippen molar-refractivity contribution < 1.29 is 8.42 Å². The van der Waals surface area contributed by atoms with E-state index in [2.05, 4.69) is 25.3 Å². The quantitative estimate of drug-likeness (QED) is 0.233. The lowest BCUT2D eigenvalue weighted by molar-refractivity contribution is 0.584. The maximum atomic E-state index is 10.9. The van der Waals surface area contributed by atoms with Gasteiger partial charge in [-0.1, -0.05) is 0 Å². The van der Waals surface area contributed by atoms with Crippen molar-refractivity contribution in [3.05, 3.63) is 16.1 Å². The zero-order valence-electron chi connectivity index (χ0n) is 13.0. The molecule has 1 rings (SSSR count).